The van der Waals surface area contributed by atoms with E-state index in [4.69, 9.17) is 4.52 Å². The highest BCUT2D eigenvalue weighted by atomic mass is 16.5. The number of aromatic amines is 1. The molecular formula is C19H24N6O3. The lowest BCUT2D eigenvalue weighted by molar-refractivity contribution is -0.131. The van der Waals surface area contributed by atoms with Crippen molar-refractivity contribution in [3.63, 3.8) is 0 Å². The van der Waals surface area contributed by atoms with Crippen LogP contribution in [0.25, 0.3) is 0 Å². The van der Waals surface area contributed by atoms with E-state index in [1.54, 1.807) is 13.0 Å². The summed E-state index contributed by atoms with van der Waals surface area (Å²) in [7, 11) is 0. The second-order valence-corrected chi connectivity index (χ2v) is 8.41. The van der Waals surface area contributed by atoms with Crippen LogP contribution in [0.4, 0.5) is 0 Å². The van der Waals surface area contributed by atoms with Gasteiger partial charge in [0.15, 0.2) is 11.5 Å². The first-order valence-corrected chi connectivity index (χ1v) is 9.87. The molecule has 1 saturated carbocycles. The Hall–Kier alpha value is -2.71. The van der Waals surface area contributed by atoms with Crippen LogP contribution >= 0.6 is 0 Å². The number of nitrogens with one attached hydrogen (secondary N) is 1. The van der Waals surface area contributed by atoms with Gasteiger partial charge in [0.1, 0.15) is 11.6 Å². The number of fused-ring (bicyclic) bond motifs is 1. The predicted octanol–water partition coefficient (Wildman–Crippen LogP) is 1.06. The van der Waals surface area contributed by atoms with E-state index < -0.39 is 0 Å². The van der Waals surface area contributed by atoms with E-state index in [9.17, 15) is 9.59 Å². The summed E-state index contributed by atoms with van der Waals surface area (Å²) >= 11 is 0. The Balaban J connectivity index is 1.42. The Labute approximate surface area is 162 Å². The van der Waals surface area contributed by atoms with Crippen molar-refractivity contribution < 1.29 is 14.1 Å². The summed E-state index contributed by atoms with van der Waals surface area (Å²) in [5, 5.41) is 11.3. The molecule has 0 spiro atoms. The second kappa shape index (κ2) is 6.15. The number of piperidine rings is 1. The third-order valence-electron chi connectivity index (χ3n) is 6.38. The number of aromatic nitrogens is 4. The van der Waals surface area contributed by atoms with Crippen molar-refractivity contribution in [2.45, 2.75) is 38.5 Å². The molecule has 2 aliphatic heterocycles. The van der Waals surface area contributed by atoms with Gasteiger partial charge in [0, 0.05) is 44.1 Å². The molecule has 0 radical (unpaired) electrons. The summed E-state index contributed by atoms with van der Waals surface area (Å²) < 4.78 is 5.06. The number of nitrogens with zero attached hydrogens (tertiary/aromatic N) is 5. The maximum atomic E-state index is 12.9. The number of hydrogen-bond donors (Lipinski definition) is 1. The minimum absolute atomic E-state index is 0.107. The molecule has 3 aliphatic rings. The zero-order valence-corrected chi connectivity index (χ0v) is 16.1. The van der Waals surface area contributed by atoms with Gasteiger partial charge in [-0.2, -0.15) is 5.10 Å². The molecule has 0 aromatic carbocycles. The number of hydrogen-bond acceptors (Lipinski definition) is 6. The van der Waals surface area contributed by atoms with E-state index in [-0.39, 0.29) is 29.1 Å². The van der Waals surface area contributed by atoms with E-state index in [0.29, 0.717) is 37.6 Å². The summed E-state index contributed by atoms with van der Waals surface area (Å²) in [5.41, 5.74) is 0.0360. The van der Waals surface area contributed by atoms with Crippen molar-refractivity contribution in [1.29, 1.82) is 0 Å². The molecule has 0 bridgehead atoms. The van der Waals surface area contributed by atoms with Crippen molar-refractivity contribution in [1.82, 2.24) is 30.1 Å². The Bertz CT molecular complexity index is 932. The molecule has 0 unspecified atom stereocenters. The molecule has 4 heterocycles. The Morgan fingerprint density at radius 2 is 2.04 bits per heavy atom. The fourth-order valence-electron chi connectivity index (χ4n) is 4.68. The van der Waals surface area contributed by atoms with Gasteiger partial charge in [0.25, 0.3) is 5.91 Å². The highest BCUT2D eigenvalue weighted by Crippen LogP contribution is 2.45. The molecule has 2 amide bonds. The number of aryl methyl sites for hydroxylation is 2. The zero-order chi connectivity index (χ0) is 19.5. The largest absolute Gasteiger partial charge is 0.361 e. The quantitative estimate of drug-likeness (QED) is 0.848. The molecule has 2 aromatic rings. The minimum atomic E-state index is -0.300. The molecule has 9 nitrogen and oxygen atoms in total. The number of rotatable bonds is 3. The molecule has 1 aliphatic carbocycles. The Morgan fingerprint density at radius 3 is 2.68 bits per heavy atom. The van der Waals surface area contributed by atoms with Crippen molar-refractivity contribution in [3.05, 3.63) is 29.2 Å². The van der Waals surface area contributed by atoms with Gasteiger partial charge in [-0.15, -0.1) is 0 Å². The summed E-state index contributed by atoms with van der Waals surface area (Å²) in [5.74, 6) is 2.57. The summed E-state index contributed by atoms with van der Waals surface area (Å²) in [6.45, 7) is 6.08. The molecule has 9 heteroatoms. The Morgan fingerprint density at radius 1 is 1.25 bits per heavy atom. The molecule has 3 fully saturated rings. The molecule has 2 saturated heterocycles. The maximum Gasteiger partial charge on any atom is 0.276 e. The number of carbonyl (C=O) groups excluding carboxylic acids is 2. The van der Waals surface area contributed by atoms with Crippen LogP contribution in [0.1, 0.15) is 47.2 Å². The van der Waals surface area contributed by atoms with Crippen LogP contribution in [-0.4, -0.2) is 68.1 Å². The van der Waals surface area contributed by atoms with E-state index >= 15 is 0 Å². The van der Waals surface area contributed by atoms with Gasteiger partial charge in [-0.1, -0.05) is 5.16 Å². The predicted molar refractivity (Wildman–Crippen MR) is 97.4 cm³/mol. The van der Waals surface area contributed by atoms with Gasteiger partial charge < -0.3 is 14.3 Å². The SMILES string of the molecule is Cc1nc([C@@]23CCN(C(=O)c4cc(C)on4)C[C@@H]2CN(C(=O)C2CC2)C3)n[nH]1. The van der Waals surface area contributed by atoms with Crippen molar-refractivity contribution in [3.8, 4) is 0 Å². The first kappa shape index (κ1) is 17.4. The normalized spacial score (nSPS) is 27.1. The average molecular weight is 384 g/mol. The number of likely N-dealkylation sites (tertiary alicyclic amines) is 2. The van der Waals surface area contributed by atoms with Crippen LogP contribution in [-0.2, 0) is 10.2 Å². The van der Waals surface area contributed by atoms with Gasteiger partial charge in [0.2, 0.25) is 5.91 Å². The molecule has 2 atom stereocenters. The smallest absolute Gasteiger partial charge is 0.276 e. The lowest BCUT2D eigenvalue weighted by Gasteiger charge is -2.41. The van der Waals surface area contributed by atoms with E-state index in [1.807, 2.05) is 16.7 Å². The van der Waals surface area contributed by atoms with Gasteiger partial charge >= 0.3 is 0 Å². The minimum Gasteiger partial charge on any atom is -0.361 e. The summed E-state index contributed by atoms with van der Waals surface area (Å²) in [6.07, 6.45) is 2.71. The van der Waals surface area contributed by atoms with Crippen LogP contribution in [0.3, 0.4) is 0 Å². The summed E-state index contributed by atoms with van der Waals surface area (Å²) in [6, 6.07) is 1.67. The molecule has 148 valence electrons. The lowest BCUT2D eigenvalue weighted by atomic mass is 9.72. The molecular weight excluding hydrogens is 360 g/mol. The number of amides is 2. The van der Waals surface area contributed by atoms with Gasteiger partial charge in [0.05, 0.1) is 5.41 Å². The average Bonchev–Trinajstić information content (AvgIpc) is 3.09. The van der Waals surface area contributed by atoms with Crippen molar-refractivity contribution in [2.24, 2.45) is 11.8 Å². The monoisotopic (exact) mass is 384 g/mol. The van der Waals surface area contributed by atoms with Crippen LogP contribution in [0, 0.1) is 25.7 Å². The van der Waals surface area contributed by atoms with E-state index in [2.05, 4.69) is 20.3 Å². The molecule has 5 rings (SSSR count). The lowest BCUT2D eigenvalue weighted by Crippen LogP contribution is -2.52. The fraction of sp³-hybridized carbons (Fsp3) is 0.632. The van der Waals surface area contributed by atoms with Crippen molar-refractivity contribution in [2.75, 3.05) is 26.2 Å². The first-order valence-electron chi connectivity index (χ1n) is 9.87. The van der Waals surface area contributed by atoms with E-state index in [0.717, 1.165) is 30.9 Å². The van der Waals surface area contributed by atoms with Crippen LogP contribution in [0.2, 0.25) is 0 Å². The first-order chi connectivity index (χ1) is 13.5. The van der Waals surface area contributed by atoms with Crippen LogP contribution in [0.15, 0.2) is 10.6 Å². The van der Waals surface area contributed by atoms with E-state index in [1.165, 1.54) is 0 Å². The third-order valence-corrected chi connectivity index (χ3v) is 6.38. The standard InChI is InChI=1S/C19H24N6O3/c1-11-7-15(23-28-11)17(27)24-6-5-19(18-20-12(2)21-22-18)10-25(9-14(19)8-24)16(26)13-3-4-13/h7,13-14H,3-6,8-10H2,1-2H3,(H,20,21,22)/t14-,19-/m1/s1. The van der Waals surface area contributed by atoms with Crippen molar-refractivity contribution >= 4 is 11.8 Å². The van der Waals surface area contributed by atoms with Gasteiger partial charge in [-0.05, 0) is 33.1 Å². The number of carbonyl (C=O) groups is 2. The zero-order valence-electron chi connectivity index (χ0n) is 16.1. The number of H-pyrrole nitrogens is 1. The van der Waals surface area contributed by atoms with Crippen LogP contribution in [0.5, 0.6) is 0 Å². The summed E-state index contributed by atoms with van der Waals surface area (Å²) in [4.78, 5) is 34.0. The molecule has 2 aromatic heterocycles. The third kappa shape index (κ3) is 2.71. The molecule has 28 heavy (non-hydrogen) atoms. The highest BCUT2D eigenvalue weighted by Gasteiger charge is 2.55. The Kier molecular flexibility index (Phi) is 3.82. The van der Waals surface area contributed by atoms with Gasteiger partial charge in [-0.3, -0.25) is 14.7 Å². The molecule has 1 N–H and O–H groups in total. The van der Waals surface area contributed by atoms with Crippen LogP contribution < -0.4 is 0 Å². The fourth-order valence-corrected chi connectivity index (χ4v) is 4.68. The van der Waals surface area contributed by atoms with Gasteiger partial charge in [-0.25, -0.2) is 4.98 Å². The highest BCUT2D eigenvalue weighted by molar-refractivity contribution is 5.92. The topological polar surface area (TPSA) is 108 Å². The second-order valence-electron chi connectivity index (χ2n) is 8.41. The maximum absolute atomic E-state index is 12.9.